The topological polar surface area (TPSA) is 26.3 Å². The summed E-state index contributed by atoms with van der Waals surface area (Å²) in [5.74, 6) is 2.26. The number of carbonyl (C=O) groups is 1. The Morgan fingerprint density at radius 3 is 2.48 bits per heavy atom. The van der Waals surface area contributed by atoms with Gasteiger partial charge in [-0.2, -0.15) is 0 Å². The van der Waals surface area contributed by atoms with Gasteiger partial charge in [-0.15, -0.1) is 11.6 Å². The van der Waals surface area contributed by atoms with Crippen LogP contribution in [-0.4, -0.2) is 18.8 Å². The minimum atomic E-state index is 0.180. The minimum Gasteiger partial charge on any atom is -0.497 e. The molecule has 0 amide bonds. The first-order valence-electron chi connectivity index (χ1n) is 7.47. The van der Waals surface area contributed by atoms with Crippen LogP contribution in [0.4, 0.5) is 0 Å². The van der Waals surface area contributed by atoms with E-state index in [1.165, 1.54) is 5.56 Å². The van der Waals surface area contributed by atoms with Gasteiger partial charge >= 0.3 is 0 Å². The van der Waals surface area contributed by atoms with Gasteiger partial charge in [0.25, 0.3) is 0 Å². The molecule has 0 N–H and O–H groups in total. The van der Waals surface area contributed by atoms with Gasteiger partial charge in [-0.1, -0.05) is 32.1 Å². The monoisotopic (exact) mass is 308 g/mol. The molecule has 0 saturated heterocycles. The maximum absolute atomic E-state index is 12.1. The number of ketones is 1. The van der Waals surface area contributed by atoms with Crippen LogP contribution < -0.4 is 4.74 Å². The van der Waals surface area contributed by atoms with E-state index in [2.05, 4.69) is 13.8 Å². The van der Waals surface area contributed by atoms with Crippen LogP contribution in [0.1, 0.15) is 44.6 Å². The zero-order valence-corrected chi connectivity index (χ0v) is 13.9. The number of benzene rings is 1. The molecule has 2 nitrogen and oxygen atoms in total. The van der Waals surface area contributed by atoms with E-state index >= 15 is 0 Å². The van der Waals surface area contributed by atoms with Gasteiger partial charge in [0.05, 0.1) is 7.11 Å². The molecule has 0 aliphatic carbocycles. The summed E-state index contributed by atoms with van der Waals surface area (Å²) < 4.78 is 5.18. The summed E-state index contributed by atoms with van der Waals surface area (Å²) in [5, 5.41) is 0. The van der Waals surface area contributed by atoms with Crippen molar-refractivity contribution < 1.29 is 9.53 Å². The number of carbonyl (C=O) groups excluding carboxylic acids is 1. The number of halogens is 1. The largest absolute Gasteiger partial charge is 0.497 e. The Labute approximate surface area is 133 Å². The molecule has 21 heavy (non-hydrogen) atoms. The molecule has 1 atom stereocenters. The number of alkyl halides is 1. The molecular weight excluding hydrogens is 284 g/mol. The van der Waals surface area contributed by atoms with Crippen LogP contribution in [0.5, 0.6) is 5.75 Å². The van der Waals surface area contributed by atoms with Crippen molar-refractivity contribution in [3.8, 4) is 5.75 Å². The molecule has 0 spiro atoms. The Balaban J connectivity index is 2.76. The third-order valence-corrected chi connectivity index (χ3v) is 3.66. The lowest BCUT2D eigenvalue weighted by Crippen LogP contribution is -2.06. The number of hydrogen-bond donors (Lipinski definition) is 0. The minimum absolute atomic E-state index is 0.180. The van der Waals surface area contributed by atoms with E-state index in [1.54, 1.807) is 13.2 Å². The quantitative estimate of drug-likeness (QED) is 0.475. The van der Waals surface area contributed by atoms with Crippen LogP contribution in [0.25, 0.3) is 0 Å². The first-order valence-corrected chi connectivity index (χ1v) is 8.01. The van der Waals surface area contributed by atoms with Crippen LogP contribution in [-0.2, 0) is 4.79 Å². The number of rotatable bonds is 9. The van der Waals surface area contributed by atoms with Crippen molar-refractivity contribution in [3.63, 3.8) is 0 Å². The average molecular weight is 309 g/mol. The van der Waals surface area contributed by atoms with Crippen LogP contribution in [0.2, 0.25) is 0 Å². The molecule has 0 saturated carbocycles. The second kappa shape index (κ2) is 9.62. The molecule has 1 rings (SSSR count). The fourth-order valence-corrected chi connectivity index (χ4v) is 2.35. The highest BCUT2D eigenvalue weighted by atomic mass is 35.5. The summed E-state index contributed by atoms with van der Waals surface area (Å²) in [4.78, 5) is 12.1. The number of allylic oxidation sites excluding steroid dienone is 2. The SMILES string of the molecule is COc1ccc([C@@H](CCCCl)CC(=O)/C=C/C(C)C)cc1. The van der Waals surface area contributed by atoms with E-state index in [1.807, 2.05) is 30.3 Å². The number of methoxy groups -OCH3 is 1. The molecule has 1 aromatic rings. The number of ether oxygens (including phenoxy) is 1. The van der Waals surface area contributed by atoms with Crippen molar-refractivity contribution in [1.82, 2.24) is 0 Å². The van der Waals surface area contributed by atoms with Crippen molar-refractivity contribution in [2.24, 2.45) is 5.92 Å². The molecule has 0 fully saturated rings. The Bertz CT molecular complexity index is 449. The highest BCUT2D eigenvalue weighted by molar-refractivity contribution is 6.17. The summed E-state index contributed by atoms with van der Waals surface area (Å²) in [7, 11) is 1.65. The highest BCUT2D eigenvalue weighted by Crippen LogP contribution is 2.27. The van der Waals surface area contributed by atoms with Gasteiger partial charge in [-0.25, -0.2) is 0 Å². The average Bonchev–Trinajstić information content (AvgIpc) is 2.49. The molecular formula is C18H25ClO2. The second-order valence-corrected chi connectivity index (χ2v) is 5.95. The maximum atomic E-state index is 12.1. The predicted octanol–water partition coefficient (Wildman–Crippen LogP) is 4.97. The smallest absolute Gasteiger partial charge is 0.155 e. The van der Waals surface area contributed by atoms with Crippen LogP contribution in [0.15, 0.2) is 36.4 Å². The van der Waals surface area contributed by atoms with E-state index in [9.17, 15) is 4.79 Å². The summed E-state index contributed by atoms with van der Waals surface area (Å²) in [5.41, 5.74) is 1.17. The highest BCUT2D eigenvalue weighted by Gasteiger charge is 2.14. The van der Waals surface area contributed by atoms with E-state index in [0.717, 1.165) is 18.6 Å². The summed E-state index contributed by atoms with van der Waals surface area (Å²) >= 11 is 5.80. The Morgan fingerprint density at radius 2 is 1.95 bits per heavy atom. The van der Waals surface area contributed by atoms with Crippen LogP contribution in [0, 0.1) is 5.92 Å². The molecule has 0 aliphatic heterocycles. The van der Waals surface area contributed by atoms with Crippen molar-refractivity contribution >= 4 is 17.4 Å². The van der Waals surface area contributed by atoms with Gasteiger partial charge in [0.2, 0.25) is 0 Å². The molecule has 0 unspecified atom stereocenters. The molecule has 0 bridgehead atoms. The van der Waals surface area contributed by atoms with Gasteiger partial charge in [0, 0.05) is 12.3 Å². The molecule has 0 aliphatic rings. The Morgan fingerprint density at radius 1 is 1.29 bits per heavy atom. The lowest BCUT2D eigenvalue weighted by atomic mass is 9.89. The first kappa shape index (κ1) is 17.8. The molecule has 0 radical (unpaired) electrons. The van der Waals surface area contributed by atoms with Gasteiger partial charge in [0.15, 0.2) is 5.78 Å². The van der Waals surface area contributed by atoms with E-state index in [-0.39, 0.29) is 11.7 Å². The van der Waals surface area contributed by atoms with Gasteiger partial charge in [-0.3, -0.25) is 4.79 Å². The zero-order chi connectivity index (χ0) is 15.7. The molecule has 1 aromatic carbocycles. The Kier molecular flexibility index (Phi) is 8.14. The van der Waals surface area contributed by atoms with Crippen LogP contribution >= 0.6 is 11.6 Å². The van der Waals surface area contributed by atoms with E-state index in [0.29, 0.717) is 18.2 Å². The molecule has 0 heterocycles. The fourth-order valence-electron chi connectivity index (χ4n) is 2.20. The molecule has 0 aromatic heterocycles. The van der Waals surface area contributed by atoms with Crippen molar-refractivity contribution in [3.05, 3.63) is 42.0 Å². The standard InChI is InChI=1S/C18H25ClO2/c1-14(2)6-9-17(20)13-16(5-4-12-19)15-7-10-18(21-3)11-8-15/h6-11,14,16H,4-5,12-13H2,1-3H3/b9-6+/t16-/m0/s1. The third-order valence-electron chi connectivity index (χ3n) is 3.39. The van der Waals surface area contributed by atoms with Crippen LogP contribution in [0.3, 0.4) is 0 Å². The van der Waals surface area contributed by atoms with E-state index in [4.69, 9.17) is 16.3 Å². The predicted molar refractivity (Wildman–Crippen MR) is 89.3 cm³/mol. The molecule has 3 heteroatoms. The fraction of sp³-hybridized carbons (Fsp3) is 0.500. The van der Waals surface area contributed by atoms with Gasteiger partial charge < -0.3 is 4.74 Å². The first-order chi connectivity index (χ1) is 10.1. The lowest BCUT2D eigenvalue weighted by Gasteiger charge is -2.16. The lowest BCUT2D eigenvalue weighted by molar-refractivity contribution is -0.115. The maximum Gasteiger partial charge on any atom is 0.155 e. The van der Waals surface area contributed by atoms with Gasteiger partial charge in [0.1, 0.15) is 5.75 Å². The van der Waals surface area contributed by atoms with Crippen molar-refractivity contribution in [1.29, 1.82) is 0 Å². The number of hydrogen-bond acceptors (Lipinski definition) is 2. The summed E-state index contributed by atoms with van der Waals surface area (Å²) in [6.45, 7) is 4.14. The summed E-state index contributed by atoms with van der Waals surface area (Å²) in [6.07, 6.45) is 6.04. The summed E-state index contributed by atoms with van der Waals surface area (Å²) in [6, 6.07) is 7.96. The van der Waals surface area contributed by atoms with Crippen molar-refractivity contribution in [2.45, 2.75) is 39.0 Å². The Hall–Kier alpha value is -1.28. The van der Waals surface area contributed by atoms with Gasteiger partial charge in [-0.05, 0) is 48.4 Å². The second-order valence-electron chi connectivity index (χ2n) is 5.57. The normalized spacial score (nSPS) is 12.8. The third kappa shape index (κ3) is 6.81. The zero-order valence-electron chi connectivity index (χ0n) is 13.1. The van der Waals surface area contributed by atoms with Crippen molar-refractivity contribution in [2.75, 3.05) is 13.0 Å². The molecule has 116 valence electrons. The van der Waals surface area contributed by atoms with E-state index < -0.39 is 0 Å².